The van der Waals surface area contributed by atoms with Crippen molar-refractivity contribution in [3.05, 3.63) is 35.9 Å². The summed E-state index contributed by atoms with van der Waals surface area (Å²) in [5, 5.41) is 13.9. The predicted molar refractivity (Wildman–Crippen MR) is 221 cm³/mol. The normalized spacial score (nSPS) is 20.9. The Bertz CT molecular complexity index is 1340. The number of primary amides is 1. The van der Waals surface area contributed by atoms with Crippen molar-refractivity contribution >= 4 is 29.5 Å². The minimum atomic E-state index is -1.23. The van der Waals surface area contributed by atoms with Gasteiger partial charge in [-0.15, -0.1) is 0 Å². The van der Waals surface area contributed by atoms with Crippen LogP contribution < -0.4 is 11.1 Å². The van der Waals surface area contributed by atoms with Crippen molar-refractivity contribution in [2.24, 2.45) is 23.5 Å². The number of ketones is 1. The van der Waals surface area contributed by atoms with Crippen molar-refractivity contribution in [3.8, 4) is 0 Å². The number of nitrogens with two attached hydrogens (primary N) is 1. The SMILES string of the molecule is CCCCO[C@H]1OC(COC(=O)CCCCCCCCCCCC(C)C)[C@@H](O)C(O[C@H](C)C(=O)C[C@@H](C)C(=O)N[C@@H](CCC(=O)OCc2ccccc2)C(N)=O)C1C. The van der Waals surface area contributed by atoms with Crippen LogP contribution in [0.25, 0.3) is 0 Å². The van der Waals surface area contributed by atoms with E-state index < -0.39 is 72.2 Å². The zero-order chi connectivity index (χ0) is 42.9. The van der Waals surface area contributed by atoms with Gasteiger partial charge >= 0.3 is 11.9 Å². The molecule has 2 amide bonds. The van der Waals surface area contributed by atoms with Gasteiger partial charge in [0.05, 0.1) is 6.10 Å². The molecule has 330 valence electrons. The number of rotatable bonds is 31. The number of carbonyl (C=O) groups excluding carboxylic acids is 5. The summed E-state index contributed by atoms with van der Waals surface area (Å²) in [5.74, 6) is -3.28. The van der Waals surface area contributed by atoms with Crippen LogP contribution in [0.4, 0.5) is 0 Å². The summed E-state index contributed by atoms with van der Waals surface area (Å²) in [7, 11) is 0. The first-order valence-electron chi connectivity index (χ1n) is 21.8. The van der Waals surface area contributed by atoms with Crippen LogP contribution in [0.5, 0.6) is 0 Å². The Kier molecular flexibility index (Phi) is 25.3. The van der Waals surface area contributed by atoms with Crippen LogP contribution in [0, 0.1) is 17.8 Å². The first-order valence-corrected chi connectivity index (χ1v) is 21.8. The molecule has 13 heteroatoms. The van der Waals surface area contributed by atoms with Crippen LogP contribution in [-0.4, -0.2) is 84.6 Å². The van der Waals surface area contributed by atoms with Gasteiger partial charge in [-0.3, -0.25) is 24.0 Å². The van der Waals surface area contributed by atoms with Gasteiger partial charge in [0.2, 0.25) is 11.8 Å². The van der Waals surface area contributed by atoms with Crippen LogP contribution in [0.1, 0.15) is 150 Å². The summed E-state index contributed by atoms with van der Waals surface area (Å²) in [5.41, 5.74) is 6.33. The maximum absolute atomic E-state index is 13.3. The molecule has 4 N–H and O–H groups in total. The summed E-state index contributed by atoms with van der Waals surface area (Å²) in [6.07, 6.45) is 8.31. The number of hydrogen-bond acceptors (Lipinski definition) is 11. The third-order valence-corrected chi connectivity index (χ3v) is 10.6. The maximum Gasteiger partial charge on any atom is 0.306 e. The summed E-state index contributed by atoms with van der Waals surface area (Å²) in [6, 6.07) is 8.00. The number of hydrogen-bond donors (Lipinski definition) is 3. The molecule has 1 aliphatic heterocycles. The molecule has 13 nitrogen and oxygen atoms in total. The lowest BCUT2D eigenvalue weighted by Crippen LogP contribution is -2.57. The summed E-state index contributed by atoms with van der Waals surface area (Å²) in [6.45, 7) is 11.8. The number of ether oxygens (including phenoxy) is 5. The number of benzene rings is 1. The zero-order valence-corrected chi connectivity index (χ0v) is 36.1. The van der Waals surface area contributed by atoms with Crippen LogP contribution in [0.3, 0.4) is 0 Å². The molecule has 1 aliphatic rings. The molecular weight excluding hydrogens is 744 g/mol. The lowest BCUT2D eigenvalue weighted by atomic mass is 9.91. The number of amides is 2. The van der Waals surface area contributed by atoms with Gasteiger partial charge in [-0.05, 0) is 37.7 Å². The first-order chi connectivity index (χ1) is 27.7. The molecule has 0 radical (unpaired) electrons. The van der Waals surface area contributed by atoms with Crippen molar-refractivity contribution in [3.63, 3.8) is 0 Å². The highest BCUT2D eigenvalue weighted by Gasteiger charge is 2.46. The largest absolute Gasteiger partial charge is 0.463 e. The van der Waals surface area contributed by atoms with Gasteiger partial charge in [-0.25, -0.2) is 0 Å². The van der Waals surface area contributed by atoms with Gasteiger partial charge in [0.25, 0.3) is 0 Å². The standard InChI is InChI=1S/C45H74N2O11/c1-7-8-27-54-45-33(5)42(41(51)38(58-45)30-56-39(49)24-20-15-13-11-9-10-12-14-17-21-31(2)3)57-34(6)37(48)28-32(4)44(53)47-36(43(46)52)25-26-40(50)55-29-35-22-18-16-19-23-35/h16,18-19,22-23,31-34,36,38,41-42,45,51H,7-15,17,20-21,24-30H2,1-6H3,(H2,46,52)(H,47,53)/t32-,33?,34-,36+,38?,41-,42?,45+/m1/s1. The van der Waals surface area contributed by atoms with Crippen LogP contribution in [-0.2, 0) is 54.3 Å². The highest BCUT2D eigenvalue weighted by atomic mass is 16.7. The fourth-order valence-electron chi connectivity index (χ4n) is 6.78. The van der Waals surface area contributed by atoms with Crippen molar-refractivity contribution in [2.75, 3.05) is 13.2 Å². The molecule has 1 aromatic rings. The van der Waals surface area contributed by atoms with E-state index in [0.717, 1.165) is 43.6 Å². The highest BCUT2D eigenvalue weighted by Crippen LogP contribution is 2.31. The molecule has 0 saturated carbocycles. The van der Waals surface area contributed by atoms with E-state index in [1.165, 1.54) is 51.9 Å². The fraction of sp³-hybridized carbons (Fsp3) is 0.756. The quantitative estimate of drug-likeness (QED) is 0.0523. The highest BCUT2D eigenvalue weighted by molar-refractivity contribution is 5.91. The Hall–Kier alpha value is -3.39. The topological polar surface area (TPSA) is 190 Å². The fourth-order valence-corrected chi connectivity index (χ4v) is 6.78. The predicted octanol–water partition coefficient (Wildman–Crippen LogP) is 6.88. The van der Waals surface area contributed by atoms with E-state index in [9.17, 15) is 29.1 Å². The van der Waals surface area contributed by atoms with Gasteiger partial charge in [0, 0.05) is 37.7 Å². The number of esters is 2. The van der Waals surface area contributed by atoms with Crippen molar-refractivity contribution in [1.82, 2.24) is 5.32 Å². The van der Waals surface area contributed by atoms with E-state index in [0.29, 0.717) is 6.61 Å². The Morgan fingerprint density at radius 1 is 0.828 bits per heavy atom. The average molecular weight is 819 g/mol. The molecule has 1 fully saturated rings. The number of nitrogens with one attached hydrogen (secondary N) is 1. The average Bonchev–Trinajstić information content (AvgIpc) is 3.19. The summed E-state index contributed by atoms with van der Waals surface area (Å²) < 4.78 is 29.0. The monoisotopic (exact) mass is 819 g/mol. The number of carbonyl (C=O) groups is 5. The summed E-state index contributed by atoms with van der Waals surface area (Å²) >= 11 is 0. The van der Waals surface area contributed by atoms with Gasteiger partial charge in [-0.2, -0.15) is 0 Å². The number of aliphatic hydroxyl groups is 1. The smallest absolute Gasteiger partial charge is 0.306 e. The van der Waals surface area contributed by atoms with Crippen LogP contribution in [0.15, 0.2) is 30.3 Å². The molecular formula is C45H74N2O11. The Morgan fingerprint density at radius 2 is 1.45 bits per heavy atom. The van der Waals surface area contributed by atoms with Crippen molar-refractivity contribution in [1.29, 1.82) is 0 Å². The second-order valence-corrected chi connectivity index (χ2v) is 16.4. The molecule has 1 aromatic carbocycles. The molecule has 1 saturated heterocycles. The van der Waals surface area contributed by atoms with Gasteiger partial charge < -0.3 is 39.8 Å². The third-order valence-electron chi connectivity index (χ3n) is 10.6. The van der Waals surface area contributed by atoms with Gasteiger partial charge in [-0.1, -0.05) is 129 Å². The molecule has 1 heterocycles. The lowest BCUT2D eigenvalue weighted by Gasteiger charge is -2.43. The molecule has 0 spiro atoms. The van der Waals surface area contributed by atoms with Crippen LogP contribution >= 0.6 is 0 Å². The lowest BCUT2D eigenvalue weighted by molar-refractivity contribution is -0.293. The second-order valence-electron chi connectivity index (χ2n) is 16.4. The molecule has 0 aromatic heterocycles. The van der Waals surface area contributed by atoms with E-state index in [1.807, 2.05) is 37.3 Å². The van der Waals surface area contributed by atoms with Crippen LogP contribution in [0.2, 0.25) is 0 Å². The van der Waals surface area contributed by atoms with E-state index in [1.54, 1.807) is 13.8 Å². The van der Waals surface area contributed by atoms with Gasteiger partial charge in [0.1, 0.15) is 37.6 Å². The zero-order valence-electron chi connectivity index (χ0n) is 36.1. The number of Topliss-reactive ketones (excluding diaryl/α,β-unsaturated/α-hetero) is 1. The van der Waals surface area contributed by atoms with Crippen molar-refractivity contribution < 1.29 is 52.8 Å². The molecule has 2 rings (SSSR count). The Morgan fingerprint density at radius 3 is 2.07 bits per heavy atom. The first kappa shape index (κ1) is 50.8. The summed E-state index contributed by atoms with van der Waals surface area (Å²) in [4.78, 5) is 63.4. The Labute approximate surface area is 347 Å². The van der Waals surface area contributed by atoms with E-state index >= 15 is 0 Å². The van der Waals surface area contributed by atoms with Crippen molar-refractivity contribution in [2.45, 2.75) is 188 Å². The minimum Gasteiger partial charge on any atom is -0.463 e. The maximum atomic E-state index is 13.3. The third kappa shape index (κ3) is 20.5. The second kappa shape index (κ2) is 28.9. The van der Waals surface area contributed by atoms with E-state index in [4.69, 9.17) is 29.4 Å². The van der Waals surface area contributed by atoms with Gasteiger partial charge in [0.15, 0.2) is 12.1 Å². The Balaban J connectivity index is 1.84. The molecule has 0 bridgehead atoms. The van der Waals surface area contributed by atoms with E-state index in [2.05, 4.69) is 19.2 Å². The molecule has 3 unspecified atom stereocenters. The van der Waals surface area contributed by atoms with E-state index in [-0.39, 0.29) is 44.9 Å². The molecule has 8 atom stereocenters. The molecule has 0 aliphatic carbocycles. The minimum absolute atomic E-state index is 0.0642. The number of unbranched alkanes of at least 4 members (excludes halogenated alkanes) is 9. The molecule has 58 heavy (non-hydrogen) atoms. The number of aliphatic hydroxyl groups excluding tert-OH is 1.